The van der Waals surface area contributed by atoms with Gasteiger partial charge in [0.15, 0.2) is 0 Å². The summed E-state index contributed by atoms with van der Waals surface area (Å²) in [7, 11) is 0. The van der Waals surface area contributed by atoms with Crippen molar-refractivity contribution < 1.29 is 4.79 Å². The lowest BCUT2D eigenvalue weighted by atomic mass is 9.89. The fourth-order valence-corrected chi connectivity index (χ4v) is 2.03. The minimum atomic E-state index is -0.411. The van der Waals surface area contributed by atoms with Gasteiger partial charge in [-0.2, -0.15) is 0 Å². The van der Waals surface area contributed by atoms with E-state index in [0.717, 1.165) is 39.1 Å². The minimum Gasteiger partial charge on any atom is -0.354 e. The van der Waals surface area contributed by atoms with Crippen LogP contribution in [0.4, 0.5) is 0 Å². The maximum atomic E-state index is 12.4. The molecule has 0 bridgehead atoms. The number of carbonyl (C=O) groups excluding carboxylic acids is 1. The third-order valence-corrected chi connectivity index (χ3v) is 4.15. The van der Waals surface area contributed by atoms with Crippen molar-refractivity contribution in [2.75, 3.05) is 32.7 Å². The van der Waals surface area contributed by atoms with Gasteiger partial charge in [-0.3, -0.25) is 9.69 Å². The SMILES string of the molecule is CCC(C)(C)CNC(=O)C(C)(C)N1CCNCC1. The van der Waals surface area contributed by atoms with E-state index in [2.05, 4.69) is 36.3 Å². The molecule has 1 fully saturated rings. The van der Waals surface area contributed by atoms with Gasteiger partial charge in [-0.05, 0) is 25.7 Å². The quantitative estimate of drug-likeness (QED) is 0.776. The first-order valence-corrected chi connectivity index (χ1v) is 7.04. The van der Waals surface area contributed by atoms with E-state index in [0.29, 0.717) is 0 Å². The molecule has 1 rings (SSSR count). The molecular weight excluding hydrogens is 226 g/mol. The predicted octanol–water partition coefficient (Wildman–Crippen LogP) is 1.22. The smallest absolute Gasteiger partial charge is 0.239 e. The molecule has 1 saturated heterocycles. The molecule has 1 aliphatic rings. The Morgan fingerprint density at radius 2 is 1.78 bits per heavy atom. The van der Waals surface area contributed by atoms with Gasteiger partial charge in [0.1, 0.15) is 0 Å². The highest BCUT2D eigenvalue weighted by Gasteiger charge is 2.35. The Labute approximate surface area is 111 Å². The van der Waals surface area contributed by atoms with Crippen LogP contribution in [0.15, 0.2) is 0 Å². The molecule has 0 aromatic rings. The first-order valence-electron chi connectivity index (χ1n) is 7.04. The first-order chi connectivity index (χ1) is 8.29. The molecule has 0 unspecified atom stereocenters. The third kappa shape index (κ3) is 3.95. The Kier molecular flexibility index (Phi) is 5.17. The summed E-state index contributed by atoms with van der Waals surface area (Å²) in [5.74, 6) is 0.144. The van der Waals surface area contributed by atoms with Gasteiger partial charge in [-0.1, -0.05) is 20.8 Å². The number of nitrogens with one attached hydrogen (secondary N) is 2. The summed E-state index contributed by atoms with van der Waals surface area (Å²) in [6, 6.07) is 0. The summed E-state index contributed by atoms with van der Waals surface area (Å²) in [4.78, 5) is 14.6. The topological polar surface area (TPSA) is 44.4 Å². The zero-order valence-electron chi connectivity index (χ0n) is 12.6. The average Bonchev–Trinajstić information content (AvgIpc) is 2.37. The van der Waals surface area contributed by atoms with E-state index in [1.54, 1.807) is 0 Å². The van der Waals surface area contributed by atoms with Crippen molar-refractivity contribution in [1.29, 1.82) is 0 Å². The van der Waals surface area contributed by atoms with Gasteiger partial charge in [-0.15, -0.1) is 0 Å². The van der Waals surface area contributed by atoms with Crippen LogP contribution < -0.4 is 10.6 Å². The second-order valence-electron chi connectivity index (χ2n) is 6.50. The van der Waals surface area contributed by atoms with Crippen molar-refractivity contribution in [3.05, 3.63) is 0 Å². The van der Waals surface area contributed by atoms with Crippen LogP contribution in [0, 0.1) is 5.41 Å². The van der Waals surface area contributed by atoms with Crippen molar-refractivity contribution >= 4 is 5.91 Å². The number of hydrogen-bond acceptors (Lipinski definition) is 3. The van der Waals surface area contributed by atoms with Crippen LogP contribution in [0.1, 0.15) is 41.0 Å². The van der Waals surface area contributed by atoms with Crippen molar-refractivity contribution in [3.8, 4) is 0 Å². The Morgan fingerprint density at radius 1 is 1.22 bits per heavy atom. The van der Waals surface area contributed by atoms with Crippen LogP contribution in [-0.2, 0) is 4.79 Å². The average molecular weight is 255 g/mol. The third-order valence-electron chi connectivity index (χ3n) is 4.15. The summed E-state index contributed by atoms with van der Waals surface area (Å²) < 4.78 is 0. The summed E-state index contributed by atoms with van der Waals surface area (Å²) in [5.41, 5.74) is -0.235. The summed E-state index contributed by atoms with van der Waals surface area (Å²) >= 11 is 0. The molecule has 4 heteroatoms. The van der Waals surface area contributed by atoms with Gasteiger partial charge in [0.05, 0.1) is 5.54 Å². The highest BCUT2D eigenvalue weighted by atomic mass is 16.2. The Balaban J connectivity index is 2.53. The fourth-order valence-electron chi connectivity index (χ4n) is 2.03. The molecule has 0 aliphatic carbocycles. The normalized spacial score (nSPS) is 18.7. The molecule has 0 aromatic carbocycles. The molecule has 0 saturated carbocycles. The number of hydrogen-bond donors (Lipinski definition) is 2. The van der Waals surface area contributed by atoms with E-state index >= 15 is 0 Å². The molecule has 106 valence electrons. The van der Waals surface area contributed by atoms with E-state index in [1.807, 2.05) is 13.8 Å². The second kappa shape index (κ2) is 6.02. The Hall–Kier alpha value is -0.610. The largest absolute Gasteiger partial charge is 0.354 e. The lowest BCUT2D eigenvalue weighted by Crippen LogP contribution is -2.60. The van der Waals surface area contributed by atoms with Crippen molar-refractivity contribution in [2.45, 2.75) is 46.6 Å². The summed E-state index contributed by atoms with van der Waals surface area (Å²) in [5, 5.41) is 6.43. The van der Waals surface area contributed by atoms with Crippen molar-refractivity contribution in [2.24, 2.45) is 5.41 Å². The van der Waals surface area contributed by atoms with Gasteiger partial charge in [0.25, 0.3) is 0 Å². The van der Waals surface area contributed by atoms with E-state index in [9.17, 15) is 4.79 Å². The molecular formula is C14H29N3O. The lowest BCUT2D eigenvalue weighted by Gasteiger charge is -2.40. The minimum absolute atomic E-state index is 0.144. The van der Waals surface area contributed by atoms with Crippen LogP contribution in [-0.4, -0.2) is 49.1 Å². The summed E-state index contributed by atoms with van der Waals surface area (Å²) in [6.45, 7) is 15.1. The fraction of sp³-hybridized carbons (Fsp3) is 0.929. The zero-order chi connectivity index (χ0) is 13.8. The molecule has 1 aliphatic heterocycles. The van der Waals surface area contributed by atoms with E-state index in [-0.39, 0.29) is 11.3 Å². The standard InChI is InChI=1S/C14H29N3O/c1-6-13(2,3)11-16-12(18)14(4,5)17-9-7-15-8-10-17/h15H,6-11H2,1-5H3,(H,16,18). The highest BCUT2D eigenvalue weighted by molar-refractivity contribution is 5.85. The molecule has 18 heavy (non-hydrogen) atoms. The molecule has 4 nitrogen and oxygen atoms in total. The van der Waals surface area contributed by atoms with Crippen molar-refractivity contribution in [3.63, 3.8) is 0 Å². The van der Waals surface area contributed by atoms with Crippen LogP contribution in [0.25, 0.3) is 0 Å². The van der Waals surface area contributed by atoms with E-state index < -0.39 is 5.54 Å². The van der Waals surface area contributed by atoms with E-state index in [4.69, 9.17) is 0 Å². The second-order valence-corrected chi connectivity index (χ2v) is 6.50. The number of rotatable bonds is 5. The van der Waals surface area contributed by atoms with Gasteiger partial charge < -0.3 is 10.6 Å². The molecule has 1 heterocycles. The van der Waals surface area contributed by atoms with Crippen LogP contribution in [0.3, 0.4) is 0 Å². The zero-order valence-corrected chi connectivity index (χ0v) is 12.6. The number of carbonyl (C=O) groups is 1. The number of amides is 1. The molecule has 0 aromatic heterocycles. The maximum Gasteiger partial charge on any atom is 0.239 e. The number of nitrogens with zero attached hydrogens (tertiary/aromatic N) is 1. The van der Waals surface area contributed by atoms with Gasteiger partial charge >= 0.3 is 0 Å². The van der Waals surface area contributed by atoms with Crippen molar-refractivity contribution in [1.82, 2.24) is 15.5 Å². The molecule has 0 radical (unpaired) electrons. The lowest BCUT2D eigenvalue weighted by molar-refractivity contribution is -0.132. The van der Waals surface area contributed by atoms with Gasteiger partial charge in [-0.25, -0.2) is 0 Å². The van der Waals surface area contributed by atoms with Gasteiger partial charge in [0.2, 0.25) is 5.91 Å². The number of piperazine rings is 1. The summed E-state index contributed by atoms with van der Waals surface area (Å²) in [6.07, 6.45) is 1.07. The monoisotopic (exact) mass is 255 g/mol. The molecule has 0 atom stereocenters. The Bertz CT molecular complexity index is 281. The van der Waals surface area contributed by atoms with Crippen LogP contribution >= 0.6 is 0 Å². The Morgan fingerprint density at radius 3 is 2.28 bits per heavy atom. The predicted molar refractivity (Wildman–Crippen MR) is 75.6 cm³/mol. The first kappa shape index (κ1) is 15.4. The van der Waals surface area contributed by atoms with E-state index in [1.165, 1.54) is 0 Å². The van der Waals surface area contributed by atoms with Crippen LogP contribution in [0.2, 0.25) is 0 Å². The molecule has 1 amide bonds. The molecule has 2 N–H and O–H groups in total. The van der Waals surface area contributed by atoms with Crippen LogP contribution in [0.5, 0.6) is 0 Å². The van der Waals surface area contributed by atoms with Gasteiger partial charge in [0, 0.05) is 32.7 Å². The highest BCUT2D eigenvalue weighted by Crippen LogP contribution is 2.20. The maximum absolute atomic E-state index is 12.4. The molecule has 0 spiro atoms.